The van der Waals surface area contributed by atoms with E-state index in [1.165, 1.54) is 19.3 Å². The molecule has 1 saturated heterocycles. The molecule has 1 rings (SSSR count). The monoisotopic (exact) mass is 203 g/mol. The number of nitrogens with one attached hydrogen (secondary N) is 1. The highest BCUT2D eigenvalue weighted by molar-refractivity contribution is 7.84. The fraction of sp³-hybridized carbons (Fsp3) is 1.00. The molecule has 1 aliphatic heterocycles. The second kappa shape index (κ2) is 6.55. The molecule has 1 atom stereocenters. The van der Waals surface area contributed by atoms with Crippen molar-refractivity contribution >= 4 is 10.8 Å². The van der Waals surface area contributed by atoms with Gasteiger partial charge >= 0.3 is 0 Å². The molecule has 2 nitrogen and oxygen atoms in total. The molecule has 0 aromatic carbocycles. The zero-order valence-corrected chi connectivity index (χ0v) is 9.37. The lowest BCUT2D eigenvalue weighted by molar-refractivity contribution is 0.382. The third-order valence-electron chi connectivity index (χ3n) is 2.51. The minimum absolute atomic E-state index is 0.542. The predicted molar refractivity (Wildman–Crippen MR) is 58.4 cm³/mol. The summed E-state index contributed by atoms with van der Waals surface area (Å²) < 4.78 is 11.5. The first kappa shape index (κ1) is 11.2. The molecule has 1 unspecified atom stereocenters. The van der Waals surface area contributed by atoms with E-state index in [0.717, 1.165) is 31.0 Å². The lowest BCUT2D eigenvalue weighted by Gasteiger charge is -2.26. The van der Waals surface area contributed by atoms with E-state index in [4.69, 9.17) is 0 Å². The topological polar surface area (TPSA) is 29.1 Å². The SMILES string of the molecule is CCCCCCS(=O)CC1CNC1. The van der Waals surface area contributed by atoms with Gasteiger partial charge in [-0.3, -0.25) is 4.21 Å². The summed E-state index contributed by atoms with van der Waals surface area (Å²) in [4.78, 5) is 0. The molecular weight excluding hydrogens is 182 g/mol. The van der Waals surface area contributed by atoms with E-state index in [2.05, 4.69) is 12.2 Å². The zero-order valence-electron chi connectivity index (χ0n) is 8.55. The maximum Gasteiger partial charge on any atom is 0.0287 e. The Kier molecular flexibility index (Phi) is 5.63. The molecule has 1 fully saturated rings. The fourth-order valence-corrected chi connectivity index (χ4v) is 2.96. The number of hydrogen-bond acceptors (Lipinski definition) is 2. The van der Waals surface area contributed by atoms with E-state index < -0.39 is 10.8 Å². The van der Waals surface area contributed by atoms with E-state index >= 15 is 0 Å². The van der Waals surface area contributed by atoms with Gasteiger partial charge in [0.2, 0.25) is 0 Å². The lowest BCUT2D eigenvalue weighted by Crippen LogP contribution is -2.44. The molecule has 0 spiro atoms. The van der Waals surface area contributed by atoms with Gasteiger partial charge in [0.15, 0.2) is 0 Å². The summed E-state index contributed by atoms with van der Waals surface area (Å²) in [6, 6.07) is 0. The number of rotatable bonds is 7. The van der Waals surface area contributed by atoms with Crippen molar-refractivity contribution in [2.45, 2.75) is 32.6 Å². The Morgan fingerprint density at radius 3 is 2.62 bits per heavy atom. The molecule has 78 valence electrons. The predicted octanol–water partition coefficient (Wildman–Crippen LogP) is 1.53. The number of unbranched alkanes of at least 4 members (excludes halogenated alkanes) is 3. The van der Waals surface area contributed by atoms with E-state index in [9.17, 15) is 4.21 Å². The van der Waals surface area contributed by atoms with Crippen LogP contribution in [0.4, 0.5) is 0 Å². The standard InChI is InChI=1S/C10H21NOS/c1-2-3-4-5-6-13(12)9-10-7-11-8-10/h10-11H,2-9H2,1H3. The largest absolute Gasteiger partial charge is 0.316 e. The smallest absolute Gasteiger partial charge is 0.0287 e. The molecule has 0 saturated carbocycles. The first-order valence-electron chi connectivity index (χ1n) is 5.38. The summed E-state index contributed by atoms with van der Waals surface area (Å²) >= 11 is 0. The molecule has 0 radical (unpaired) electrons. The summed E-state index contributed by atoms with van der Waals surface area (Å²) in [7, 11) is -0.542. The van der Waals surface area contributed by atoms with Crippen molar-refractivity contribution < 1.29 is 4.21 Å². The summed E-state index contributed by atoms with van der Waals surface area (Å²) in [5.41, 5.74) is 0. The van der Waals surface area contributed by atoms with Crippen LogP contribution in [0.25, 0.3) is 0 Å². The van der Waals surface area contributed by atoms with Crippen molar-refractivity contribution in [3.05, 3.63) is 0 Å². The van der Waals surface area contributed by atoms with Crippen LogP contribution in [-0.2, 0) is 10.8 Å². The summed E-state index contributed by atoms with van der Waals surface area (Å²) in [6.45, 7) is 4.37. The van der Waals surface area contributed by atoms with E-state index in [1.807, 2.05) is 0 Å². The highest BCUT2D eigenvalue weighted by Gasteiger charge is 2.18. The Bertz CT molecular complexity index is 157. The second-order valence-corrected chi connectivity index (χ2v) is 5.52. The second-order valence-electron chi connectivity index (χ2n) is 3.90. The van der Waals surface area contributed by atoms with E-state index in [1.54, 1.807) is 0 Å². The Morgan fingerprint density at radius 1 is 1.31 bits per heavy atom. The Balaban J connectivity index is 1.91. The first-order chi connectivity index (χ1) is 6.33. The van der Waals surface area contributed by atoms with Gasteiger partial charge in [-0.1, -0.05) is 26.2 Å². The van der Waals surface area contributed by atoms with Crippen molar-refractivity contribution in [2.75, 3.05) is 24.6 Å². The van der Waals surface area contributed by atoms with Crippen LogP contribution < -0.4 is 5.32 Å². The quantitative estimate of drug-likeness (QED) is 0.636. The van der Waals surface area contributed by atoms with Crippen LogP contribution in [0.1, 0.15) is 32.6 Å². The van der Waals surface area contributed by atoms with Crippen molar-refractivity contribution in [1.29, 1.82) is 0 Å². The van der Waals surface area contributed by atoms with Crippen LogP contribution in [-0.4, -0.2) is 28.8 Å². The molecule has 3 heteroatoms. The third kappa shape index (κ3) is 4.77. The van der Waals surface area contributed by atoms with Gasteiger partial charge in [0.1, 0.15) is 0 Å². The van der Waals surface area contributed by atoms with Gasteiger partial charge in [0.25, 0.3) is 0 Å². The van der Waals surface area contributed by atoms with Crippen LogP contribution in [0, 0.1) is 5.92 Å². The summed E-state index contributed by atoms with van der Waals surface area (Å²) in [6.07, 6.45) is 4.97. The van der Waals surface area contributed by atoms with Gasteiger partial charge in [-0.25, -0.2) is 0 Å². The van der Waals surface area contributed by atoms with Crippen LogP contribution in [0.15, 0.2) is 0 Å². The van der Waals surface area contributed by atoms with Crippen LogP contribution >= 0.6 is 0 Å². The van der Waals surface area contributed by atoms with Crippen molar-refractivity contribution in [3.63, 3.8) is 0 Å². The molecule has 0 aliphatic carbocycles. The maximum atomic E-state index is 11.5. The lowest BCUT2D eigenvalue weighted by atomic mass is 10.1. The van der Waals surface area contributed by atoms with Gasteiger partial charge in [-0.15, -0.1) is 0 Å². The van der Waals surface area contributed by atoms with Gasteiger partial charge in [-0.05, 0) is 12.3 Å². The van der Waals surface area contributed by atoms with E-state index in [0.29, 0.717) is 5.92 Å². The van der Waals surface area contributed by atoms with Gasteiger partial charge in [0.05, 0.1) is 0 Å². The summed E-state index contributed by atoms with van der Waals surface area (Å²) in [5.74, 6) is 2.56. The van der Waals surface area contributed by atoms with Crippen LogP contribution in [0.2, 0.25) is 0 Å². The fourth-order valence-electron chi connectivity index (χ4n) is 1.50. The summed E-state index contributed by atoms with van der Waals surface area (Å²) in [5, 5.41) is 3.21. The average Bonchev–Trinajstić information content (AvgIpc) is 2.06. The molecule has 1 heterocycles. The molecule has 0 aromatic heterocycles. The minimum Gasteiger partial charge on any atom is -0.316 e. The molecule has 0 amide bonds. The van der Waals surface area contributed by atoms with Gasteiger partial charge < -0.3 is 5.32 Å². The Hall–Kier alpha value is 0.110. The normalized spacial score (nSPS) is 19.8. The minimum atomic E-state index is -0.542. The van der Waals surface area contributed by atoms with Crippen molar-refractivity contribution in [3.8, 4) is 0 Å². The van der Waals surface area contributed by atoms with Gasteiger partial charge in [-0.2, -0.15) is 0 Å². The average molecular weight is 203 g/mol. The van der Waals surface area contributed by atoms with Crippen molar-refractivity contribution in [1.82, 2.24) is 5.32 Å². The molecule has 1 N–H and O–H groups in total. The molecule has 13 heavy (non-hydrogen) atoms. The van der Waals surface area contributed by atoms with E-state index in [-0.39, 0.29) is 0 Å². The molecular formula is C10H21NOS. The Labute approximate surface area is 83.9 Å². The highest BCUT2D eigenvalue weighted by atomic mass is 32.2. The van der Waals surface area contributed by atoms with Crippen LogP contribution in [0.3, 0.4) is 0 Å². The molecule has 0 bridgehead atoms. The Morgan fingerprint density at radius 2 is 2.08 bits per heavy atom. The number of hydrogen-bond donors (Lipinski definition) is 1. The zero-order chi connectivity index (χ0) is 9.52. The highest BCUT2D eigenvalue weighted by Crippen LogP contribution is 2.07. The molecule has 1 aliphatic rings. The molecule has 0 aromatic rings. The van der Waals surface area contributed by atoms with Gasteiger partial charge in [0, 0.05) is 35.4 Å². The van der Waals surface area contributed by atoms with Crippen LogP contribution in [0.5, 0.6) is 0 Å². The third-order valence-corrected chi connectivity index (χ3v) is 4.10. The maximum absolute atomic E-state index is 11.5. The van der Waals surface area contributed by atoms with Crippen molar-refractivity contribution in [2.24, 2.45) is 5.92 Å². The first-order valence-corrected chi connectivity index (χ1v) is 6.87.